The average Bonchev–Trinajstić information content (AvgIpc) is 2.45. The number of likely N-dealkylation sites (N-methyl/N-ethyl adjacent to an activating group) is 1. The van der Waals surface area contributed by atoms with E-state index in [0.29, 0.717) is 19.5 Å². The average molecular weight is 299 g/mol. The topological polar surface area (TPSA) is 90.0 Å². The molecule has 0 bridgehead atoms. The molecule has 1 aliphatic rings. The van der Waals surface area contributed by atoms with Gasteiger partial charge in [0.1, 0.15) is 11.6 Å². The van der Waals surface area contributed by atoms with Crippen LogP contribution in [0.2, 0.25) is 0 Å². The molecule has 0 saturated carbocycles. The summed E-state index contributed by atoms with van der Waals surface area (Å²) < 4.78 is 0. The fourth-order valence-corrected chi connectivity index (χ4v) is 2.48. The van der Waals surface area contributed by atoms with E-state index in [0.717, 1.165) is 12.8 Å². The van der Waals surface area contributed by atoms with Crippen molar-refractivity contribution in [2.24, 2.45) is 0 Å². The van der Waals surface area contributed by atoms with E-state index in [-0.39, 0.29) is 5.91 Å². The quantitative estimate of drug-likeness (QED) is 0.806. The summed E-state index contributed by atoms with van der Waals surface area (Å²) in [6.07, 6.45) is 1.97. The zero-order chi connectivity index (χ0) is 16.2. The van der Waals surface area contributed by atoms with Crippen LogP contribution in [0.1, 0.15) is 40.0 Å². The molecule has 1 saturated heterocycles. The molecular formula is C14H25N3O4. The number of carbonyl (C=O) groups is 3. The normalized spacial score (nSPS) is 23.3. The third-order valence-electron chi connectivity index (χ3n) is 4.16. The number of carboxylic acid groups (broad SMARTS) is 1. The van der Waals surface area contributed by atoms with Crippen LogP contribution < -0.4 is 5.32 Å². The van der Waals surface area contributed by atoms with Gasteiger partial charge in [0.25, 0.3) is 0 Å². The second kappa shape index (κ2) is 6.78. The lowest BCUT2D eigenvalue weighted by molar-refractivity contribution is -0.150. The van der Waals surface area contributed by atoms with Crippen molar-refractivity contribution in [3.05, 3.63) is 0 Å². The third-order valence-corrected chi connectivity index (χ3v) is 4.16. The molecule has 0 radical (unpaired) electrons. The van der Waals surface area contributed by atoms with Crippen LogP contribution in [0, 0.1) is 0 Å². The van der Waals surface area contributed by atoms with Crippen molar-refractivity contribution in [3.63, 3.8) is 0 Å². The summed E-state index contributed by atoms with van der Waals surface area (Å²) in [5.41, 5.74) is -1.21. The molecule has 1 rings (SSSR count). The van der Waals surface area contributed by atoms with Crippen LogP contribution in [0.25, 0.3) is 0 Å². The van der Waals surface area contributed by atoms with Crippen molar-refractivity contribution in [2.45, 2.75) is 51.6 Å². The van der Waals surface area contributed by atoms with Gasteiger partial charge in [-0.15, -0.1) is 0 Å². The zero-order valence-corrected chi connectivity index (χ0v) is 13.2. The number of carbonyl (C=O) groups excluding carboxylic acids is 2. The summed E-state index contributed by atoms with van der Waals surface area (Å²) in [6.45, 7) is 5.94. The smallest absolute Gasteiger partial charge is 0.329 e. The number of urea groups is 1. The van der Waals surface area contributed by atoms with Gasteiger partial charge in [-0.1, -0.05) is 0 Å². The molecule has 0 aromatic heterocycles. The van der Waals surface area contributed by atoms with Crippen molar-refractivity contribution in [1.82, 2.24) is 15.1 Å². The Morgan fingerprint density at radius 3 is 2.52 bits per heavy atom. The highest BCUT2D eigenvalue weighted by molar-refractivity contribution is 5.90. The fraction of sp³-hybridized carbons (Fsp3) is 0.786. The first kappa shape index (κ1) is 17.3. The molecule has 0 spiro atoms. The minimum absolute atomic E-state index is 0.195. The number of amides is 3. The van der Waals surface area contributed by atoms with E-state index in [1.807, 2.05) is 6.92 Å². The highest BCUT2D eigenvalue weighted by atomic mass is 16.4. The molecule has 2 atom stereocenters. The summed E-state index contributed by atoms with van der Waals surface area (Å²) in [5, 5.41) is 12.0. The maximum Gasteiger partial charge on any atom is 0.329 e. The van der Waals surface area contributed by atoms with E-state index in [2.05, 4.69) is 5.32 Å². The van der Waals surface area contributed by atoms with E-state index in [4.69, 9.17) is 0 Å². The van der Waals surface area contributed by atoms with Gasteiger partial charge in [0.15, 0.2) is 0 Å². The van der Waals surface area contributed by atoms with Crippen molar-refractivity contribution >= 4 is 17.9 Å². The lowest BCUT2D eigenvalue weighted by Gasteiger charge is -2.41. The minimum atomic E-state index is -1.21. The molecule has 120 valence electrons. The maximum absolute atomic E-state index is 12.3. The van der Waals surface area contributed by atoms with Crippen LogP contribution in [-0.2, 0) is 9.59 Å². The predicted molar refractivity (Wildman–Crippen MR) is 77.9 cm³/mol. The Labute approximate surface area is 125 Å². The lowest BCUT2D eigenvalue weighted by atomic mass is 9.89. The van der Waals surface area contributed by atoms with Crippen LogP contribution in [0.4, 0.5) is 4.79 Å². The highest BCUT2D eigenvalue weighted by Crippen LogP contribution is 2.28. The number of likely N-dealkylation sites (tertiary alicyclic amines) is 1. The molecule has 1 fully saturated rings. The minimum Gasteiger partial charge on any atom is -0.480 e. The molecule has 21 heavy (non-hydrogen) atoms. The predicted octanol–water partition coefficient (Wildman–Crippen LogP) is 0.892. The Hall–Kier alpha value is -1.79. The molecule has 7 nitrogen and oxygen atoms in total. The van der Waals surface area contributed by atoms with E-state index in [1.54, 1.807) is 20.9 Å². The molecule has 2 unspecified atom stereocenters. The van der Waals surface area contributed by atoms with Gasteiger partial charge in [-0.3, -0.25) is 4.79 Å². The maximum atomic E-state index is 12.3. The van der Waals surface area contributed by atoms with Gasteiger partial charge in [0.05, 0.1) is 0 Å². The molecule has 1 heterocycles. The highest BCUT2D eigenvalue weighted by Gasteiger charge is 2.44. The van der Waals surface area contributed by atoms with Gasteiger partial charge in [-0.2, -0.15) is 0 Å². The molecule has 2 N–H and O–H groups in total. The number of nitrogens with zero attached hydrogens (tertiary/aromatic N) is 2. The van der Waals surface area contributed by atoms with Crippen molar-refractivity contribution in [3.8, 4) is 0 Å². The number of hydrogen-bond acceptors (Lipinski definition) is 3. The van der Waals surface area contributed by atoms with Crippen LogP contribution in [-0.4, -0.2) is 64.5 Å². The van der Waals surface area contributed by atoms with Crippen LogP contribution in [0.3, 0.4) is 0 Å². The number of piperidine rings is 1. The monoisotopic (exact) mass is 299 g/mol. The van der Waals surface area contributed by atoms with Gasteiger partial charge in [0.2, 0.25) is 5.91 Å². The van der Waals surface area contributed by atoms with Crippen LogP contribution >= 0.6 is 0 Å². The van der Waals surface area contributed by atoms with Gasteiger partial charge in [-0.25, -0.2) is 9.59 Å². The summed E-state index contributed by atoms with van der Waals surface area (Å²) in [7, 11) is 1.66. The Morgan fingerprint density at radius 1 is 1.38 bits per heavy atom. The molecule has 0 aromatic rings. The summed E-state index contributed by atoms with van der Waals surface area (Å²) in [5.74, 6) is -1.21. The van der Waals surface area contributed by atoms with E-state index >= 15 is 0 Å². The Bertz CT molecular complexity index is 426. The number of carboxylic acids is 1. The first-order valence-electron chi connectivity index (χ1n) is 7.30. The lowest BCUT2D eigenvalue weighted by Crippen LogP contribution is -2.61. The number of nitrogens with one attached hydrogen (secondary N) is 1. The standard InChI is InChI=1S/C14H25N3O4/c1-5-16(4)11(18)10(2)15-13(21)17-9-7-6-8-14(17,3)12(19)20/h10H,5-9H2,1-4H3,(H,15,21)(H,19,20). The van der Waals surface area contributed by atoms with E-state index in [1.165, 1.54) is 9.80 Å². The fourth-order valence-electron chi connectivity index (χ4n) is 2.48. The second-order valence-corrected chi connectivity index (χ2v) is 5.71. The van der Waals surface area contributed by atoms with Crippen molar-refractivity contribution in [2.75, 3.05) is 20.1 Å². The Kier molecular flexibility index (Phi) is 5.57. The Balaban J connectivity index is 2.77. The molecule has 1 aliphatic heterocycles. The van der Waals surface area contributed by atoms with Gasteiger partial charge in [-0.05, 0) is 40.0 Å². The second-order valence-electron chi connectivity index (χ2n) is 5.71. The largest absolute Gasteiger partial charge is 0.480 e. The molecular weight excluding hydrogens is 274 g/mol. The summed E-state index contributed by atoms with van der Waals surface area (Å²) in [4.78, 5) is 38.6. The number of hydrogen-bond donors (Lipinski definition) is 2. The third kappa shape index (κ3) is 3.65. The summed E-state index contributed by atoms with van der Waals surface area (Å²) >= 11 is 0. The zero-order valence-electron chi connectivity index (χ0n) is 13.2. The molecule has 0 aliphatic carbocycles. The molecule has 7 heteroatoms. The van der Waals surface area contributed by atoms with Gasteiger partial charge < -0.3 is 20.2 Å². The Morgan fingerprint density at radius 2 is 2.00 bits per heavy atom. The molecule has 3 amide bonds. The van der Waals surface area contributed by atoms with Crippen molar-refractivity contribution < 1.29 is 19.5 Å². The summed E-state index contributed by atoms with van der Waals surface area (Å²) in [6, 6.07) is -1.17. The number of rotatable bonds is 4. The SMILES string of the molecule is CCN(C)C(=O)C(C)NC(=O)N1CCCCC1(C)C(=O)O. The first-order valence-corrected chi connectivity index (χ1v) is 7.30. The van der Waals surface area contributed by atoms with Gasteiger partial charge in [0, 0.05) is 20.1 Å². The van der Waals surface area contributed by atoms with Crippen molar-refractivity contribution in [1.29, 1.82) is 0 Å². The van der Waals surface area contributed by atoms with Gasteiger partial charge >= 0.3 is 12.0 Å². The van der Waals surface area contributed by atoms with E-state index < -0.39 is 23.6 Å². The first-order chi connectivity index (χ1) is 9.74. The van der Waals surface area contributed by atoms with E-state index in [9.17, 15) is 19.5 Å². The number of aliphatic carboxylic acids is 1. The van der Waals surface area contributed by atoms with Crippen LogP contribution in [0.5, 0.6) is 0 Å². The molecule has 0 aromatic carbocycles. The van der Waals surface area contributed by atoms with Crippen LogP contribution in [0.15, 0.2) is 0 Å².